The molecule has 0 atom stereocenters. The molecule has 0 aliphatic carbocycles. The molecule has 2 aromatic rings. The van der Waals surface area contributed by atoms with Gasteiger partial charge in [0.05, 0.1) is 0 Å². The number of benzene rings is 1. The molecule has 0 spiro atoms. The van der Waals surface area contributed by atoms with Crippen LogP contribution in [0, 0.1) is 12.8 Å². The minimum atomic E-state index is -0.283. The van der Waals surface area contributed by atoms with Gasteiger partial charge in [0, 0.05) is 31.4 Å². The number of ether oxygens (including phenoxy) is 1. The van der Waals surface area contributed by atoms with Crippen molar-refractivity contribution in [1.82, 2.24) is 15.2 Å². The fourth-order valence-electron chi connectivity index (χ4n) is 3.12. The predicted octanol–water partition coefficient (Wildman–Crippen LogP) is 3.82. The van der Waals surface area contributed by atoms with E-state index in [1.165, 1.54) is 11.8 Å². The zero-order chi connectivity index (χ0) is 19.9. The normalized spacial score (nSPS) is 14.6. The van der Waals surface area contributed by atoms with Gasteiger partial charge in [0.15, 0.2) is 0 Å². The first-order valence-electron chi connectivity index (χ1n) is 9.38. The molecule has 1 aromatic carbocycles. The predicted molar refractivity (Wildman–Crippen MR) is 107 cm³/mol. The van der Waals surface area contributed by atoms with Crippen LogP contribution in [0.25, 0.3) is 0 Å². The topological polar surface area (TPSA) is 71.5 Å². The van der Waals surface area contributed by atoms with Gasteiger partial charge in [-0.15, -0.1) is 0 Å². The van der Waals surface area contributed by atoms with E-state index in [4.69, 9.17) is 16.3 Å². The highest BCUT2D eigenvalue weighted by molar-refractivity contribution is 6.29. The van der Waals surface area contributed by atoms with Crippen LogP contribution in [0.2, 0.25) is 5.15 Å². The van der Waals surface area contributed by atoms with Crippen molar-refractivity contribution in [3.8, 4) is 0 Å². The zero-order valence-corrected chi connectivity index (χ0v) is 16.6. The van der Waals surface area contributed by atoms with Gasteiger partial charge in [-0.25, -0.2) is 9.78 Å². The second-order valence-corrected chi connectivity index (χ2v) is 7.44. The second kappa shape index (κ2) is 9.55. The molecule has 0 saturated carbocycles. The number of hydrogen-bond donors (Lipinski definition) is 1. The van der Waals surface area contributed by atoms with Crippen LogP contribution in [0.1, 0.15) is 34.3 Å². The average molecular weight is 402 g/mol. The molecule has 1 aliphatic rings. The minimum Gasteiger partial charge on any atom is -0.445 e. The Kier molecular flexibility index (Phi) is 6.87. The van der Waals surface area contributed by atoms with Gasteiger partial charge in [0.25, 0.3) is 5.91 Å². The molecule has 2 heterocycles. The van der Waals surface area contributed by atoms with Gasteiger partial charge in [0.1, 0.15) is 11.8 Å². The molecule has 1 N–H and O–H groups in total. The number of aromatic nitrogens is 1. The molecule has 3 rings (SSSR count). The van der Waals surface area contributed by atoms with Gasteiger partial charge in [-0.3, -0.25) is 4.79 Å². The number of nitrogens with one attached hydrogen (secondary N) is 1. The Morgan fingerprint density at radius 3 is 2.61 bits per heavy atom. The number of amides is 2. The first-order chi connectivity index (χ1) is 13.5. The third-order valence-electron chi connectivity index (χ3n) is 4.90. The molecule has 1 saturated heterocycles. The number of nitrogens with zero attached hydrogens (tertiary/aromatic N) is 2. The lowest BCUT2D eigenvalue weighted by Gasteiger charge is -2.31. The van der Waals surface area contributed by atoms with E-state index in [-0.39, 0.29) is 18.6 Å². The van der Waals surface area contributed by atoms with Crippen LogP contribution >= 0.6 is 11.6 Å². The van der Waals surface area contributed by atoms with Gasteiger partial charge in [-0.1, -0.05) is 41.4 Å². The van der Waals surface area contributed by atoms with Crippen molar-refractivity contribution in [2.75, 3.05) is 19.6 Å². The summed E-state index contributed by atoms with van der Waals surface area (Å²) < 4.78 is 5.41. The van der Waals surface area contributed by atoms with E-state index in [0.29, 0.717) is 36.3 Å². The summed E-state index contributed by atoms with van der Waals surface area (Å²) in [5.41, 5.74) is 2.65. The van der Waals surface area contributed by atoms with Crippen molar-refractivity contribution in [3.63, 3.8) is 0 Å². The standard InChI is InChI=1S/C21H24ClN3O3/c1-15-2-4-17(5-3-15)14-28-21(27)25-10-7-16(8-11-25)13-24-20(26)18-6-9-23-19(22)12-18/h2-6,9,12,16H,7-8,10-11,13-14H2,1H3,(H,24,26). The second-order valence-electron chi connectivity index (χ2n) is 7.05. The highest BCUT2D eigenvalue weighted by Crippen LogP contribution is 2.18. The number of halogens is 1. The first-order valence-corrected chi connectivity index (χ1v) is 9.76. The molecule has 0 bridgehead atoms. The summed E-state index contributed by atoms with van der Waals surface area (Å²) in [5, 5.41) is 3.23. The van der Waals surface area contributed by atoms with Crippen LogP contribution in [-0.2, 0) is 11.3 Å². The van der Waals surface area contributed by atoms with Gasteiger partial charge >= 0.3 is 6.09 Å². The quantitative estimate of drug-likeness (QED) is 0.773. The molecular formula is C21H24ClN3O3. The van der Waals surface area contributed by atoms with Crippen LogP contribution in [0.3, 0.4) is 0 Å². The van der Waals surface area contributed by atoms with Gasteiger partial charge in [0.2, 0.25) is 0 Å². The highest BCUT2D eigenvalue weighted by Gasteiger charge is 2.24. The molecule has 6 nitrogen and oxygen atoms in total. The van der Waals surface area contributed by atoms with E-state index in [9.17, 15) is 9.59 Å². The molecule has 2 amide bonds. The van der Waals surface area contributed by atoms with Gasteiger partial charge < -0.3 is 15.0 Å². The maximum atomic E-state index is 12.2. The van der Waals surface area contributed by atoms with E-state index < -0.39 is 0 Å². The summed E-state index contributed by atoms with van der Waals surface area (Å²) >= 11 is 5.81. The number of pyridine rings is 1. The van der Waals surface area contributed by atoms with Crippen LogP contribution in [0.15, 0.2) is 42.6 Å². The third kappa shape index (κ3) is 5.70. The van der Waals surface area contributed by atoms with Crippen molar-refractivity contribution in [2.24, 2.45) is 5.92 Å². The molecule has 7 heteroatoms. The fraction of sp³-hybridized carbons (Fsp3) is 0.381. The molecular weight excluding hydrogens is 378 g/mol. The number of likely N-dealkylation sites (tertiary alicyclic amines) is 1. The summed E-state index contributed by atoms with van der Waals surface area (Å²) in [5.74, 6) is 0.173. The Labute approximate surface area is 169 Å². The molecule has 0 unspecified atom stereocenters. The smallest absolute Gasteiger partial charge is 0.410 e. The highest BCUT2D eigenvalue weighted by atomic mass is 35.5. The Bertz CT molecular complexity index is 818. The lowest BCUT2D eigenvalue weighted by Crippen LogP contribution is -2.41. The molecule has 1 fully saturated rings. The van der Waals surface area contributed by atoms with E-state index in [1.807, 2.05) is 31.2 Å². The number of carbonyl (C=O) groups excluding carboxylic acids is 2. The molecule has 148 valence electrons. The number of carbonyl (C=O) groups is 2. The zero-order valence-electron chi connectivity index (χ0n) is 15.9. The van der Waals surface area contributed by atoms with Crippen molar-refractivity contribution in [1.29, 1.82) is 0 Å². The molecule has 0 radical (unpaired) electrons. The Morgan fingerprint density at radius 2 is 1.93 bits per heavy atom. The number of rotatable bonds is 5. The van der Waals surface area contributed by atoms with E-state index in [0.717, 1.165) is 18.4 Å². The van der Waals surface area contributed by atoms with Crippen LogP contribution in [0.4, 0.5) is 4.79 Å². The molecule has 28 heavy (non-hydrogen) atoms. The SMILES string of the molecule is Cc1ccc(COC(=O)N2CCC(CNC(=O)c3ccnc(Cl)c3)CC2)cc1. The summed E-state index contributed by atoms with van der Waals surface area (Å²) in [7, 11) is 0. The van der Waals surface area contributed by atoms with Crippen LogP contribution in [0.5, 0.6) is 0 Å². The maximum absolute atomic E-state index is 12.2. The number of piperidine rings is 1. The number of aryl methyl sites for hydroxylation is 1. The largest absolute Gasteiger partial charge is 0.445 e. The Balaban J connectivity index is 1.38. The molecule has 1 aromatic heterocycles. The van der Waals surface area contributed by atoms with Crippen LogP contribution < -0.4 is 5.32 Å². The van der Waals surface area contributed by atoms with Crippen molar-refractivity contribution in [3.05, 3.63) is 64.4 Å². The maximum Gasteiger partial charge on any atom is 0.410 e. The monoisotopic (exact) mass is 401 g/mol. The molecule has 1 aliphatic heterocycles. The van der Waals surface area contributed by atoms with E-state index >= 15 is 0 Å². The fourth-order valence-corrected chi connectivity index (χ4v) is 3.30. The Morgan fingerprint density at radius 1 is 1.21 bits per heavy atom. The van der Waals surface area contributed by atoms with Crippen molar-refractivity contribution < 1.29 is 14.3 Å². The van der Waals surface area contributed by atoms with Gasteiger partial charge in [-0.2, -0.15) is 0 Å². The van der Waals surface area contributed by atoms with Gasteiger partial charge in [-0.05, 0) is 43.4 Å². The average Bonchev–Trinajstić information content (AvgIpc) is 2.71. The third-order valence-corrected chi connectivity index (χ3v) is 5.10. The summed E-state index contributed by atoms with van der Waals surface area (Å²) in [6, 6.07) is 11.1. The number of hydrogen-bond acceptors (Lipinski definition) is 4. The van der Waals surface area contributed by atoms with E-state index in [1.54, 1.807) is 17.0 Å². The summed E-state index contributed by atoms with van der Waals surface area (Å²) in [4.78, 5) is 30.0. The summed E-state index contributed by atoms with van der Waals surface area (Å²) in [6.45, 7) is 4.14. The summed E-state index contributed by atoms with van der Waals surface area (Å²) in [6.07, 6.45) is 2.89. The van der Waals surface area contributed by atoms with E-state index in [2.05, 4.69) is 10.3 Å². The first kappa shape index (κ1) is 20.1. The lowest BCUT2D eigenvalue weighted by molar-refractivity contribution is 0.0800. The minimum absolute atomic E-state index is 0.163. The van der Waals surface area contributed by atoms with Crippen LogP contribution in [-0.4, -0.2) is 41.5 Å². The lowest BCUT2D eigenvalue weighted by atomic mass is 9.97. The Hall–Kier alpha value is -2.60. The van der Waals surface area contributed by atoms with Crippen molar-refractivity contribution in [2.45, 2.75) is 26.4 Å². The van der Waals surface area contributed by atoms with Crippen molar-refractivity contribution >= 4 is 23.6 Å².